The first-order valence-electron chi connectivity index (χ1n) is 9.94. The van der Waals surface area contributed by atoms with Gasteiger partial charge in [-0.1, -0.05) is 42.5 Å². The topological polar surface area (TPSA) is 49.4 Å². The molecule has 140 valence electrons. The minimum Gasteiger partial charge on any atom is -0.303 e. The van der Waals surface area contributed by atoms with Gasteiger partial charge in [0.05, 0.1) is 11.1 Å². The maximum Gasteiger partial charge on any atom is 0.259 e. The van der Waals surface area contributed by atoms with Crippen LogP contribution in [0.2, 0.25) is 0 Å². The molecule has 0 unspecified atom stereocenters. The number of hydrogen-bond acceptors (Lipinski definition) is 3. The number of piperidine rings is 1. The van der Waals surface area contributed by atoms with E-state index in [1.54, 1.807) is 6.07 Å². The van der Waals surface area contributed by atoms with E-state index in [-0.39, 0.29) is 11.8 Å². The molecule has 1 saturated heterocycles. The van der Waals surface area contributed by atoms with Gasteiger partial charge in [-0.2, -0.15) is 0 Å². The quantitative estimate of drug-likeness (QED) is 0.801. The fourth-order valence-electron chi connectivity index (χ4n) is 4.35. The third kappa shape index (κ3) is 4.11. The van der Waals surface area contributed by atoms with Gasteiger partial charge in [0, 0.05) is 0 Å². The van der Waals surface area contributed by atoms with Crippen LogP contribution in [-0.2, 0) is 12.8 Å². The molecule has 2 aromatic rings. The lowest BCUT2D eigenvalue weighted by molar-refractivity contribution is 0.0879. The molecule has 0 radical (unpaired) electrons. The molecule has 0 saturated carbocycles. The Morgan fingerprint density at radius 3 is 2.48 bits per heavy atom. The lowest BCUT2D eigenvalue weighted by atomic mass is 9.90. The van der Waals surface area contributed by atoms with Gasteiger partial charge in [-0.15, -0.1) is 0 Å². The van der Waals surface area contributed by atoms with Crippen LogP contribution in [0.5, 0.6) is 0 Å². The molecule has 2 aliphatic heterocycles. The van der Waals surface area contributed by atoms with E-state index in [9.17, 15) is 9.59 Å². The molecule has 2 amide bonds. The lowest BCUT2D eigenvalue weighted by Gasteiger charge is -2.32. The molecule has 4 heteroatoms. The van der Waals surface area contributed by atoms with Gasteiger partial charge < -0.3 is 4.90 Å². The third-order valence-corrected chi connectivity index (χ3v) is 5.84. The zero-order valence-corrected chi connectivity index (χ0v) is 15.6. The molecule has 2 aliphatic rings. The minimum atomic E-state index is -0.266. The molecular formula is C23H26N2O2. The highest BCUT2D eigenvalue weighted by Crippen LogP contribution is 2.23. The largest absolute Gasteiger partial charge is 0.303 e. The maximum absolute atomic E-state index is 12.0. The monoisotopic (exact) mass is 362 g/mol. The fourth-order valence-corrected chi connectivity index (χ4v) is 4.35. The van der Waals surface area contributed by atoms with Gasteiger partial charge >= 0.3 is 0 Å². The van der Waals surface area contributed by atoms with Crippen molar-refractivity contribution in [2.45, 2.75) is 32.1 Å². The molecule has 4 rings (SSSR count). The average Bonchev–Trinajstić information content (AvgIpc) is 2.99. The Kier molecular flexibility index (Phi) is 5.35. The van der Waals surface area contributed by atoms with E-state index in [0.29, 0.717) is 11.1 Å². The summed E-state index contributed by atoms with van der Waals surface area (Å²) in [6.07, 6.45) is 5.56. The summed E-state index contributed by atoms with van der Waals surface area (Å²) in [6, 6.07) is 16.4. The van der Waals surface area contributed by atoms with Crippen molar-refractivity contribution in [3.05, 3.63) is 70.8 Å². The Morgan fingerprint density at radius 2 is 1.70 bits per heavy atom. The van der Waals surface area contributed by atoms with Crippen molar-refractivity contribution in [1.82, 2.24) is 10.2 Å². The number of carbonyl (C=O) groups excluding carboxylic acids is 2. The second-order valence-electron chi connectivity index (χ2n) is 7.70. The van der Waals surface area contributed by atoms with Crippen LogP contribution in [-0.4, -0.2) is 36.3 Å². The third-order valence-electron chi connectivity index (χ3n) is 5.84. The summed E-state index contributed by atoms with van der Waals surface area (Å²) in [5.41, 5.74) is 3.56. The van der Waals surface area contributed by atoms with Crippen LogP contribution in [0.3, 0.4) is 0 Å². The molecule has 1 fully saturated rings. The molecule has 0 bridgehead atoms. The first-order valence-corrected chi connectivity index (χ1v) is 9.94. The van der Waals surface area contributed by atoms with Gasteiger partial charge in [0.15, 0.2) is 0 Å². The first kappa shape index (κ1) is 17.9. The number of imide groups is 1. The maximum atomic E-state index is 12.0. The summed E-state index contributed by atoms with van der Waals surface area (Å²) in [5, 5.41) is 2.40. The van der Waals surface area contributed by atoms with E-state index in [1.807, 2.05) is 12.1 Å². The van der Waals surface area contributed by atoms with Crippen LogP contribution in [0.25, 0.3) is 0 Å². The molecule has 2 heterocycles. The number of amides is 2. The Hall–Kier alpha value is -2.46. The highest BCUT2D eigenvalue weighted by atomic mass is 16.2. The van der Waals surface area contributed by atoms with Gasteiger partial charge in [-0.3, -0.25) is 14.9 Å². The van der Waals surface area contributed by atoms with Crippen molar-refractivity contribution in [2.24, 2.45) is 5.92 Å². The zero-order chi connectivity index (χ0) is 18.6. The van der Waals surface area contributed by atoms with Gasteiger partial charge in [0.1, 0.15) is 0 Å². The summed E-state index contributed by atoms with van der Waals surface area (Å²) in [4.78, 5) is 26.3. The van der Waals surface area contributed by atoms with Crippen molar-refractivity contribution in [2.75, 3.05) is 19.6 Å². The predicted octanol–water partition coefficient (Wildman–Crippen LogP) is 3.46. The number of benzene rings is 2. The number of aryl methyl sites for hydroxylation is 1. The van der Waals surface area contributed by atoms with Crippen LogP contribution < -0.4 is 5.32 Å². The van der Waals surface area contributed by atoms with E-state index in [2.05, 4.69) is 40.5 Å². The molecule has 0 atom stereocenters. The van der Waals surface area contributed by atoms with Crippen LogP contribution in [0.15, 0.2) is 48.5 Å². The van der Waals surface area contributed by atoms with E-state index in [4.69, 9.17) is 0 Å². The van der Waals surface area contributed by atoms with Crippen LogP contribution in [0.1, 0.15) is 51.1 Å². The minimum absolute atomic E-state index is 0.243. The molecule has 27 heavy (non-hydrogen) atoms. The molecule has 1 N–H and O–H groups in total. The number of rotatable bonds is 6. The summed E-state index contributed by atoms with van der Waals surface area (Å²) >= 11 is 0. The number of carbonyl (C=O) groups is 2. The van der Waals surface area contributed by atoms with Crippen molar-refractivity contribution >= 4 is 11.8 Å². The van der Waals surface area contributed by atoms with Crippen LogP contribution >= 0.6 is 0 Å². The Labute approximate surface area is 160 Å². The van der Waals surface area contributed by atoms with Crippen molar-refractivity contribution < 1.29 is 9.59 Å². The summed E-state index contributed by atoms with van der Waals surface area (Å²) in [5.74, 6) is 0.278. The number of nitrogens with zero attached hydrogens (tertiary/aromatic N) is 1. The fraction of sp³-hybridized carbons (Fsp3) is 0.391. The molecule has 2 aromatic carbocycles. The van der Waals surface area contributed by atoms with E-state index in [0.717, 1.165) is 44.0 Å². The molecule has 4 nitrogen and oxygen atoms in total. The second-order valence-corrected chi connectivity index (χ2v) is 7.70. The van der Waals surface area contributed by atoms with Crippen molar-refractivity contribution in [3.8, 4) is 0 Å². The summed E-state index contributed by atoms with van der Waals surface area (Å²) in [7, 11) is 0. The van der Waals surface area contributed by atoms with Gasteiger partial charge in [0.2, 0.25) is 0 Å². The normalized spacial score (nSPS) is 17.8. The zero-order valence-electron chi connectivity index (χ0n) is 15.6. The predicted molar refractivity (Wildman–Crippen MR) is 106 cm³/mol. The van der Waals surface area contributed by atoms with E-state index in [1.165, 1.54) is 24.8 Å². The SMILES string of the molecule is O=C1NC(=O)c2c(CCCN3CCC(Cc4ccccc4)CC3)cccc21. The summed E-state index contributed by atoms with van der Waals surface area (Å²) in [6.45, 7) is 3.37. The highest BCUT2D eigenvalue weighted by Gasteiger charge is 2.28. The molecule has 0 spiro atoms. The van der Waals surface area contributed by atoms with Crippen molar-refractivity contribution in [1.29, 1.82) is 0 Å². The standard InChI is InChI=1S/C23H26N2O2/c26-22-20-10-4-8-19(21(20)23(27)24-22)9-5-13-25-14-11-18(12-15-25)16-17-6-2-1-3-7-17/h1-4,6-8,10,18H,5,9,11-16H2,(H,24,26,27). The first-order chi connectivity index (χ1) is 13.2. The molecular weight excluding hydrogens is 336 g/mol. The Balaban J connectivity index is 1.25. The molecule has 0 aromatic heterocycles. The summed E-state index contributed by atoms with van der Waals surface area (Å²) < 4.78 is 0. The lowest BCUT2D eigenvalue weighted by Crippen LogP contribution is -2.35. The number of fused-ring (bicyclic) bond motifs is 1. The van der Waals surface area contributed by atoms with Gasteiger partial charge in [-0.25, -0.2) is 0 Å². The highest BCUT2D eigenvalue weighted by molar-refractivity contribution is 6.22. The molecule has 0 aliphatic carbocycles. The van der Waals surface area contributed by atoms with Gasteiger partial charge in [-0.05, 0) is 74.8 Å². The number of likely N-dealkylation sites (tertiary alicyclic amines) is 1. The van der Waals surface area contributed by atoms with Crippen molar-refractivity contribution in [3.63, 3.8) is 0 Å². The Bertz CT molecular complexity index is 824. The second kappa shape index (κ2) is 8.05. The average molecular weight is 362 g/mol. The van der Waals surface area contributed by atoms with E-state index < -0.39 is 0 Å². The smallest absolute Gasteiger partial charge is 0.259 e. The van der Waals surface area contributed by atoms with Crippen LogP contribution in [0, 0.1) is 5.92 Å². The van der Waals surface area contributed by atoms with Crippen LogP contribution in [0.4, 0.5) is 0 Å². The number of nitrogens with one attached hydrogen (secondary N) is 1. The Morgan fingerprint density at radius 1 is 0.926 bits per heavy atom. The number of hydrogen-bond donors (Lipinski definition) is 1. The van der Waals surface area contributed by atoms with E-state index >= 15 is 0 Å². The van der Waals surface area contributed by atoms with Gasteiger partial charge in [0.25, 0.3) is 11.8 Å².